The van der Waals surface area contributed by atoms with Gasteiger partial charge in [-0.1, -0.05) is 41.2 Å². The van der Waals surface area contributed by atoms with Crippen LogP contribution in [0.2, 0.25) is 0 Å². The number of hydrogen-bond acceptors (Lipinski definition) is 5. The Labute approximate surface area is 196 Å². The summed E-state index contributed by atoms with van der Waals surface area (Å²) in [5, 5.41) is 8.64. The molecule has 33 heavy (non-hydrogen) atoms. The largest absolute Gasteiger partial charge is 0.352 e. The molecule has 170 valence electrons. The summed E-state index contributed by atoms with van der Waals surface area (Å²) in [6.07, 6.45) is 1.79. The number of fused-ring (bicyclic) bond motifs is 1. The van der Waals surface area contributed by atoms with Crippen molar-refractivity contribution < 1.29 is 9.18 Å². The van der Waals surface area contributed by atoms with Crippen LogP contribution in [0.3, 0.4) is 0 Å². The number of rotatable bonds is 5. The normalized spacial score (nSPS) is 16.3. The first kappa shape index (κ1) is 21.6. The van der Waals surface area contributed by atoms with Gasteiger partial charge in [-0.2, -0.15) is 10.1 Å². The van der Waals surface area contributed by atoms with Crippen molar-refractivity contribution in [3.05, 3.63) is 71.2 Å². The minimum atomic E-state index is -0.274. The number of aryl methyl sites for hydroxylation is 2. The molecule has 2 aromatic carbocycles. The predicted molar refractivity (Wildman–Crippen MR) is 129 cm³/mol. The van der Waals surface area contributed by atoms with Gasteiger partial charge in [-0.05, 0) is 56.5 Å². The van der Waals surface area contributed by atoms with Crippen molar-refractivity contribution >= 4 is 32.7 Å². The molecule has 1 fully saturated rings. The smallest absolute Gasteiger partial charge is 0.225 e. The molecular weight excluding hydrogens is 437 g/mol. The van der Waals surface area contributed by atoms with E-state index >= 15 is 0 Å². The Kier molecular flexibility index (Phi) is 5.85. The van der Waals surface area contributed by atoms with E-state index in [9.17, 15) is 9.18 Å². The van der Waals surface area contributed by atoms with E-state index in [2.05, 4.69) is 41.4 Å². The second-order valence-electron chi connectivity index (χ2n) is 8.61. The zero-order chi connectivity index (χ0) is 22.9. The van der Waals surface area contributed by atoms with E-state index in [1.54, 1.807) is 23.5 Å². The van der Waals surface area contributed by atoms with E-state index in [0.29, 0.717) is 13.1 Å². The van der Waals surface area contributed by atoms with Crippen LogP contribution < -0.4 is 10.2 Å². The summed E-state index contributed by atoms with van der Waals surface area (Å²) in [5.41, 5.74) is 4.90. The molecule has 4 aromatic rings. The van der Waals surface area contributed by atoms with Crippen LogP contribution in [0.5, 0.6) is 0 Å². The van der Waals surface area contributed by atoms with E-state index in [4.69, 9.17) is 10.1 Å². The van der Waals surface area contributed by atoms with Gasteiger partial charge >= 0.3 is 0 Å². The summed E-state index contributed by atoms with van der Waals surface area (Å²) in [4.78, 5) is 20.0. The maximum absolute atomic E-state index is 13.1. The Hall–Kier alpha value is -3.26. The first-order chi connectivity index (χ1) is 16.0. The number of anilines is 1. The van der Waals surface area contributed by atoms with Gasteiger partial charge in [0.25, 0.3) is 0 Å². The lowest BCUT2D eigenvalue weighted by molar-refractivity contribution is -0.125. The first-order valence-electron chi connectivity index (χ1n) is 11.2. The van der Waals surface area contributed by atoms with Crippen molar-refractivity contribution in [1.29, 1.82) is 0 Å². The van der Waals surface area contributed by atoms with Crippen LogP contribution in [0, 0.1) is 25.6 Å². The highest BCUT2D eigenvalue weighted by Crippen LogP contribution is 2.34. The highest BCUT2D eigenvalue weighted by Gasteiger charge is 2.28. The molecule has 8 heteroatoms. The molecular formula is C25H26FN5OS. The molecule has 1 atom stereocenters. The Morgan fingerprint density at radius 1 is 1.15 bits per heavy atom. The number of nitrogens with zero attached hydrogens (tertiary/aromatic N) is 4. The second kappa shape index (κ2) is 8.94. The van der Waals surface area contributed by atoms with Crippen molar-refractivity contribution in [2.45, 2.75) is 33.2 Å². The van der Waals surface area contributed by atoms with E-state index in [1.165, 1.54) is 17.7 Å². The third-order valence-corrected chi connectivity index (χ3v) is 7.31. The number of amides is 1. The monoisotopic (exact) mass is 463 g/mol. The Balaban J connectivity index is 1.31. The molecule has 2 aromatic heterocycles. The van der Waals surface area contributed by atoms with Crippen LogP contribution >= 0.6 is 11.3 Å². The number of thiazole rings is 1. The predicted octanol–water partition coefficient (Wildman–Crippen LogP) is 4.77. The fourth-order valence-corrected chi connectivity index (χ4v) is 5.25. The third-order valence-electron chi connectivity index (χ3n) is 6.10. The number of piperidine rings is 1. The number of benzene rings is 2. The van der Waals surface area contributed by atoms with Crippen LogP contribution in [0.15, 0.2) is 48.5 Å². The fourth-order valence-electron chi connectivity index (χ4n) is 4.23. The van der Waals surface area contributed by atoms with Gasteiger partial charge in [-0.25, -0.2) is 9.07 Å². The number of hydrogen-bond donors (Lipinski definition) is 1. The summed E-state index contributed by atoms with van der Waals surface area (Å²) in [5.74, 6) is -0.336. The third kappa shape index (κ3) is 4.48. The van der Waals surface area contributed by atoms with Gasteiger partial charge < -0.3 is 10.2 Å². The van der Waals surface area contributed by atoms with Gasteiger partial charge in [0, 0.05) is 19.6 Å². The highest BCUT2D eigenvalue weighted by molar-refractivity contribution is 7.22. The lowest BCUT2D eigenvalue weighted by Gasteiger charge is -2.31. The van der Waals surface area contributed by atoms with Gasteiger partial charge in [0.2, 0.25) is 5.91 Å². The number of halogens is 1. The van der Waals surface area contributed by atoms with E-state index < -0.39 is 0 Å². The minimum Gasteiger partial charge on any atom is -0.352 e. The Morgan fingerprint density at radius 3 is 2.67 bits per heavy atom. The van der Waals surface area contributed by atoms with Crippen LogP contribution in [0.25, 0.3) is 16.0 Å². The number of carbonyl (C=O) groups excluding carboxylic acids is 1. The summed E-state index contributed by atoms with van der Waals surface area (Å²) >= 11 is 1.64. The van der Waals surface area contributed by atoms with E-state index in [-0.39, 0.29) is 17.6 Å². The number of carbonyl (C=O) groups is 1. The van der Waals surface area contributed by atoms with Crippen LogP contribution in [-0.2, 0) is 11.3 Å². The number of aromatic nitrogens is 3. The Morgan fingerprint density at radius 2 is 1.91 bits per heavy atom. The lowest BCUT2D eigenvalue weighted by Crippen LogP contribution is -2.43. The standard InChI is InChI=1S/C25H26FN5OS/c1-16-5-11-21(12-6-16)31-23-22(17(2)29-31)33-25(28-23)30-13-3-4-19(15-30)24(32)27-14-18-7-9-20(26)10-8-18/h5-12,19H,3-4,13-15H2,1-2H3,(H,27,32)/t19-/m1/s1. The summed E-state index contributed by atoms with van der Waals surface area (Å²) in [6, 6.07) is 14.5. The van der Waals surface area contributed by atoms with Gasteiger partial charge in [-0.3, -0.25) is 4.79 Å². The van der Waals surface area contributed by atoms with Crippen molar-refractivity contribution in [3.8, 4) is 5.69 Å². The second-order valence-corrected chi connectivity index (χ2v) is 9.59. The molecule has 0 bridgehead atoms. The SMILES string of the molecule is Cc1ccc(-n2nc(C)c3sc(N4CCC[C@@H](C(=O)NCc5ccc(F)cc5)C4)nc32)cc1. The summed E-state index contributed by atoms with van der Waals surface area (Å²) in [7, 11) is 0. The van der Waals surface area contributed by atoms with Crippen LogP contribution in [0.4, 0.5) is 9.52 Å². The zero-order valence-electron chi connectivity index (χ0n) is 18.7. The van der Waals surface area contributed by atoms with E-state index in [0.717, 1.165) is 51.8 Å². The van der Waals surface area contributed by atoms with Crippen molar-refractivity contribution in [2.24, 2.45) is 5.92 Å². The average molecular weight is 464 g/mol. The lowest BCUT2D eigenvalue weighted by atomic mass is 9.97. The van der Waals surface area contributed by atoms with Gasteiger partial charge in [0.05, 0.1) is 22.0 Å². The topological polar surface area (TPSA) is 63.1 Å². The molecule has 6 nitrogen and oxygen atoms in total. The molecule has 1 saturated heterocycles. The molecule has 0 spiro atoms. The molecule has 1 N–H and O–H groups in total. The maximum atomic E-state index is 13.1. The van der Waals surface area contributed by atoms with Crippen LogP contribution in [-0.4, -0.2) is 33.8 Å². The molecule has 0 aliphatic carbocycles. The molecule has 3 heterocycles. The molecule has 5 rings (SSSR count). The highest BCUT2D eigenvalue weighted by atomic mass is 32.1. The minimum absolute atomic E-state index is 0.0344. The average Bonchev–Trinajstić information content (AvgIpc) is 3.40. The van der Waals surface area contributed by atoms with E-state index in [1.807, 2.05) is 11.6 Å². The van der Waals surface area contributed by atoms with Gasteiger partial charge in [-0.15, -0.1) is 0 Å². The quantitative estimate of drug-likeness (QED) is 0.463. The van der Waals surface area contributed by atoms with Gasteiger partial charge in [0.15, 0.2) is 10.8 Å². The van der Waals surface area contributed by atoms with Gasteiger partial charge in [0.1, 0.15) is 5.82 Å². The van der Waals surface area contributed by atoms with Crippen molar-refractivity contribution in [1.82, 2.24) is 20.1 Å². The van der Waals surface area contributed by atoms with Crippen molar-refractivity contribution in [3.63, 3.8) is 0 Å². The van der Waals surface area contributed by atoms with Crippen LogP contribution in [0.1, 0.15) is 29.7 Å². The molecule has 1 amide bonds. The zero-order valence-corrected chi connectivity index (χ0v) is 19.5. The molecule has 0 unspecified atom stereocenters. The summed E-state index contributed by atoms with van der Waals surface area (Å²) in [6.45, 7) is 6.01. The summed E-state index contributed by atoms with van der Waals surface area (Å²) < 4.78 is 16.1. The number of nitrogens with one attached hydrogen (secondary N) is 1. The van der Waals surface area contributed by atoms with Crippen molar-refractivity contribution in [2.75, 3.05) is 18.0 Å². The Bertz CT molecular complexity index is 1280. The molecule has 1 aliphatic rings. The maximum Gasteiger partial charge on any atom is 0.225 e. The molecule has 0 radical (unpaired) electrons. The molecule has 0 saturated carbocycles. The first-order valence-corrected chi connectivity index (χ1v) is 12.0. The molecule has 1 aliphatic heterocycles. The fraction of sp³-hybridized carbons (Fsp3) is 0.320.